The lowest BCUT2D eigenvalue weighted by Crippen LogP contribution is -2.55. The zero-order valence-corrected chi connectivity index (χ0v) is 16.6. The van der Waals surface area contributed by atoms with Crippen LogP contribution in [-0.4, -0.2) is 41.1 Å². The first-order valence-corrected chi connectivity index (χ1v) is 9.44. The second-order valence-electron chi connectivity index (χ2n) is 6.99. The maximum atomic E-state index is 13.2. The zero-order chi connectivity index (χ0) is 20.3. The molecule has 0 unspecified atom stereocenters. The summed E-state index contributed by atoms with van der Waals surface area (Å²) in [5.41, 5.74) is 7.90. The SMILES string of the molecule is C[C@@H]1C(=C=O)N(Cc2ccc(F)cc2)[C@@H](C)CN1COc1ccc(Cl)cc1N. The van der Waals surface area contributed by atoms with Gasteiger partial charge >= 0.3 is 0 Å². The third-order valence-corrected chi connectivity index (χ3v) is 5.25. The Morgan fingerprint density at radius 3 is 2.61 bits per heavy atom. The van der Waals surface area contributed by atoms with Crippen molar-refractivity contribution in [3.63, 3.8) is 0 Å². The van der Waals surface area contributed by atoms with Gasteiger partial charge in [-0.1, -0.05) is 23.7 Å². The summed E-state index contributed by atoms with van der Waals surface area (Å²) in [6, 6.07) is 11.3. The van der Waals surface area contributed by atoms with Gasteiger partial charge in [0.05, 0.1) is 11.7 Å². The van der Waals surface area contributed by atoms with Gasteiger partial charge in [0.1, 0.15) is 29.9 Å². The van der Waals surface area contributed by atoms with E-state index in [-0.39, 0.29) is 24.6 Å². The highest BCUT2D eigenvalue weighted by Crippen LogP contribution is 2.28. The molecule has 0 aromatic heterocycles. The maximum Gasteiger partial charge on any atom is 0.147 e. The number of nitrogens with two attached hydrogens (primary N) is 1. The molecule has 2 atom stereocenters. The molecule has 148 valence electrons. The molecule has 28 heavy (non-hydrogen) atoms. The fourth-order valence-electron chi connectivity index (χ4n) is 3.39. The van der Waals surface area contributed by atoms with Gasteiger partial charge in [-0.05, 0) is 49.7 Å². The fourth-order valence-corrected chi connectivity index (χ4v) is 3.57. The van der Waals surface area contributed by atoms with Crippen molar-refractivity contribution in [2.75, 3.05) is 19.0 Å². The molecular formula is C21H23ClFN3O2. The van der Waals surface area contributed by atoms with E-state index in [1.54, 1.807) is 30.3 Å². The smallest absolute Gasteiger partial charge is 0.147 e. The molecule has 0 bridgehead atoms. The Hall–Kier alpha value is -2.53. The minimum atomic E-state index is -0.278. The third-order valence-electron chi connectivity index (χ3n) is 5.01. The minimum absolute atomic E-state index is 0.0591. The molecular weight excluding hydrogens is 381 g/mol. The number of hydrogen-bond donors (Lipinski definition) is 1. The molecule has 2 aromatic carbocycles. The van der Waals surface area contributed by atoms with E-state index in [9.17, 15) is 9.18 Å². The van der Waals surface area contributed by atoms with Crippen LogP contribution in [0.4, 0.5) is 10.1 Å². The molecule has 0 amide bonds. The van der Waals surface area contributed by atoms with E-state index in [0.717, 1.165) is 5.56 Å². The summed E-state index contributed by atoms with van der Waals surface area (Å²) in [6.07, 6.45) is 0. The van der Waals surface area contributed by atoms with Gasteiger partial charge in [-0.3, -0.25) is 4.90 Å². The summed E-state index contributed by atoms with van der Waals surface area (Å²) in [4.78, 5) is 15.8. The molecule has 3 rings (SSSR count). The van der Waals surface area contributed by atoms with Gasteiger partial charge in [0.2, 0.25) is 0 Å². The molecule has 2 N–H and O–H groups in total. The van der Waals surface area contributed by atoms with Gasteiger partial charge in [-0.2, -0.15) is 0 Å². The maximum absolute atomic E-state index is 13.2. The normalized spacial score (nSPS) is 20.1. The Morgan fingerprint density at radius 2 is 1.96 bits per heavy atom. The molecule has 0 radical (unpaired) electrons. The number of ether oxygens (including phenoxy) is 1. The molecule has 5 nitrogen and oxygen atoms in total. The highest BCUT2D eigenvalue weighted by molar-refractivity contribution is 6.30. The lowest BCUT2D eigenvalue weighted by atomic mass is 10.0. The molecule has 1 heterocycles. The van der Waals surface area contributed by atoms with Crippen LogP contribution in [0.2, 0.25) is 5.02 Å². The van der Waals surface area contributed by atoms with Crippen LogP contribution in [0.15, 0.2) is 48.2 Å². The van der Waals surface area contributed by atoms with Crippen molar-refractivity contribution in [3.8, 4) is 5.75 Å². The summed E-state index contributed by atoms with van der Waals surface area (Å²) in [5.74, 6) is 2.36. The molecule has 1 fully saturated rings. The van der Waals surface area contributed by atoms with Crippen molar-refractivity contribution >= 4 is 23.2 Å². The zero-order valence-electron chi connectivity index (χ0n) is 15.9. The van der Waals surface area contributed by atoms with E-state index in [1.807, 2.05) is 18.7 Å². The minimum Gasteiger partial charge on any atom is -0.476 e. The van der Waals surface area contributed by atoms with E-state index in [0.29, 0.717) is 35.2 Å². The summed E-state index contributed by atoms with van der Waals surface area (Å²) < 4.78 is 19.0. The van der Waals surface area contributed by atoms with E-state index in [4.69, 9.17) is 22.1 Å². The molecule has 1 saturated heterocycles. The summed E-state index contributed by atoms with van der Waals surface area (Å²) in [6.45, 7) is 5.48. The van der Waals surface area contributed by atoms with Crippen LogP contribution < -0.4 is 10.5 Å². The number of piperazine rings is 1. The topological polar surface area (TPSA) is 58.8 Å². The monoisotopic (exact) mass is 403 g/mol. The molecule has 2 aromatic rings. The molecule has 0 spiro atoms. The number of benzene rings is 2. The van der Waals surface area contributed by atoms with E-state index >= 15 is 0 Å². The van der Waals surface area contributed by atoms with E-state index < -0.39 is 0 Å². The molecule has 0 aliphatic carbocycles. The van der Waals surface area contributed by atoms with Gasteiger partial charge in [-0.25, -0.2) is 9.18 Å². The second kappa shape index (κ2) is 8.65. The fraction of sp³-hybridized carbons (Fsp3) is 0.333. The van der Waals surface area contributed by atoms with E-state index in [2.05, 4.69) is 10.8 Å². The summed E-state index contributed by atoms with van der Waals surface area (Å²) >= 11 is 5.92. The lowest BCUT2D eigenvalue weighted by Gasteiger charge is -2.45. The van der Waals surface area contributed by atoms with Crippen molar-refractivity contribution in [1.29, 1.82) is 0 Å². The highest BCUT2D eigenvalue weighted by atomic mass is 35.5. The predicted molar refractivity (Wildman–Crippen MR) is 108 cm³/mol. The van der Waals surface area contributed by atoms with Gasteiger partial charge in [0.15, 0.2) is 0 Å². The van der Waals surface area contributed by atoms with Crippen LogP contribution in [0.25, 0.3) is 0 Å². The molecule has 1 aliphatic rings. The van der Waals surface area contributed by atoms with Crippen molar-refractivity contribution in [3.05, 3.63) is 64.6 Å². The first-order chi connectivity index (χ1) is 13.4. The predicted octanol–water partition coefficient (Wildman–Crippen LogP) is 3.71. The van der Waals surface area contributed by atoms with Crippen molar-refractivity contribution in [2.24, 2.45) is 0 Å². The van der Waals surface area contributed by atoms with Crippen LogP contribution in [0.3, 0.4) is 0 Å². The van der Waals surface area contributed by atoms with Gasteiger partial charge < -0.3 is 15.4 Å². The van der Waals surface area contributed by atoms with Crippen LogP contribution in [0.5, 0.6) is 5.75 Å². The Bertz CT molecular complexity index is 884. The Morgan fingerprint density at radius 1 is 1.25 bits per heavy atom. The first-order valence-electron chi connectivity index (χ1n) is 9.07. The van der Waals surface area contributed by atoms with Gasteiger partial charge in [-0.15, -0.1) is 0 Å². The number of anilines is 1. The number of carbonyl (C=O) groups excluding carboxylic acids is 1. The standard InChI is InChI=1S/C21H23ClFN3O2/c1-14-10-25(13-28-21-8-5-17(22)9-19(21)24)15(2)20(12-27)26(14)11-16-3-6-18(23)7-4-16/h3-9,14-15H,10-11,13,24H2,1-2H3/t14-,15+/m0/s1. The third kappa shape index (κ3) is 4.47. The largest absolute Gasteiger partial charge is 0.476 e. The van der Waals surface area contributed by atoms with Gasteiger partial charge in [0, 0.05) is 24.2 Å². The average molecular weight is 404 g/mol. The van der Waals surface area contributed by atoms with Crippen molar-refractivity contribution in [2.45, 2.75) is 32.5 Å². The summed E-state index contributed by atoms with van der Waals surface area (Å²) in [7, 11) is 0. The number of nitrogen functional groups attached to an aromatic ring is 1. The molecule has 1 aliphatic heterocycles. The van der Waals surface area contributed by atoms with Crippen LogP contribution in [0, 0.1) is 5.82 Å². The molecule has 0 saturated carbocycles. The lowest BCUT2D eigenvalue weighted by molar-refractivity contribution is 0.0288. The Labute approximate surface area is 169 Å². The van der Waals surface area contributed by atoms with Crippen LogP contribution >= 0.6 is 11.6 Å². The quantitative estimate of drug-likeness (QED) is 0.609. The Balaban J connectivity index is 1.70. The van der Waals surface area contributed by atoms with E-state index in [1.165, 1.54) is 12.1 Å². The second-order valence-corrected chi connectivity index (χ2v) is 7.43. The number of hydrogen-bond acceptors (Lipinski definition) is 5. The average Bonchev–Trinajstić information content (AvgIpc) is 2.66. The van der Waals surface area contributed by atoms with Crippen molar-refractivity contribution in [1.82, 2.24) is 9.80 Å². The highest BCUT2D eigenvalue weighted by Gasteiger charge is 2.34. The number of halogens is 2. The molecule has 7 heteroatoms. The van der Waals surface area contributed by atoms with Gasteiger partial charge in [0.25, 0.3) is 0 Å². The van der Waals surface area contributed by atoms with Crippen LogP contribution in [-0.2, 0) is 11.3 Å². The first kappa shape index (κ1) is 20.2. The Kier molecular flexibility index (Phi) is 6.25. The number of nitrogens with zero attached hydrogens (tertiary/aromatic N) is 2. The van der Waals surface area contributed by atoms with Crippen LogP contribution in [0.1, 0.15) is 19.4 Å². The van der Waals surface area contributed by atoms with Crippen molar-refractivity contribution < 1.29 is 13.9 Å². The summed E-state index contributed by atoms with van der Waals surface area (Å²) in [5, 5.41) is 0.549. The number of rotatable bonds is 5.